The van der Waals surface area contributed by atoms with Crippen molar-refractivity contribution in [1.82, 2.24) is 19.8 Å². The van der Waals surface area contributed by atoms with Crippen LogP contribution < -0.4 is 14.5 Å². The average Bonchev–Trinajstić information content (AvgIpc) is 3.73. The van der Waals surface area contributed by atoms with Gasteiger partial charge in [-0.05, 0) is 50.9 Å². The number of β-amino-alcohol motifs (C(OH)–C–C–N with tert-alkyl or cyclic N) is 1. The minimum Gasteiger partial charge on any atom is -0.463 e. The number of nitrogens with zero attached hydrogens (tertiary/aromatic N) is 7. The fourth-order valence-corrected chi connectivity index (χ4v) is 7.60. The van der Waals surface area contributed by atoms with Crippen LogP contribution in [0, 0.1) is 12.0 Å². The Balaban J connectivity index is 1.33. The van der Waals surface area contributed by atoms with E-state index in [0.29, 0.717) is 57.1 Å². The van der Waals surface area contributed by atoms with Gasteiger partial charge in [-0.2, -0.15) is 23.1 Å². The average molecular weight is 660 g/mol. The van der Waals surface area contributed by atoms with E-state index in [4.69, 9.17) is 32.9 Å². The van der Waals surface area contributed by atoms with E-state index >= 15 is 0 Å². The number of hydrogen-bond donors (Lipinski definition) is 1. The minimum absolute atomic E-state index is 0.0123. The van der Waals surface area contributed by atoms with Gasteiger partial charge in [-0.1, -0.05) is 24.2 Å². The Hall–Kier alpha value is -3.60. The van der Waals surface area contributed by atoms with Crippen LogP contribution >= 0.6 is 11.6 Å². The molecule has 3 fully saturated rings. The van der Waals surface area contributed by atoms with Crippen molar-refractivity contribution in [2.45, 2.75) is 56.6 Å². The van der Waals surface area contributed by atoms with Gasteiger partial charge in [0.2, 0.25) is 12.5 Å². The molecule has 1 aliphatic carbocycles. The highest BCUT2D eigenvalue weighted by atomic mass is 35.5. The molecule has 46 heavy (non-hydrogen) atoms. The van der Waals surface area contributed by atoms with Gasteiger partial charge in [0, 0.05) is 49.7 Å². The topological polar surface area (TPSA) is 89.6 Å². The van der Waals surface area contributed by atoms with Crippen molar-refractivity contribution in [2.24, 2.45) is 5.41 Å². The molecule has 1 amide bonds. The van der Waals surface area contributed by atoms with Gasteiger partial charge in [0.25, 0.3) is 0 Å². The van der Waals surface area contributed by atoms with Crippen molar-refractivity contribution in [2.75, 3.05) is 62.7 Å². The Bertz CT molecular complexity index is 1550. The lowest BCUT2D eigenvalue weighted by atomic mass is 9.95. The summed E-state index contributed by atoms with van der Waals surface area (Å²) >= 11 is 6.06. The van der Waals surface area contributed by atoms with Crippen LogP contribution in [0.1, 0.15) is 36.1 Å². The fraction of sp³-hybridized carbons (Fsp3) is 0.562. The number of carbonyl (C=O) groups excluding carboxylic acids is 1. The van der Waals surface area contributed by atoms with Crippen LogP contribution in [0.4, 0.5) is 24.7 Å². The lowest BCUT2D eigenvalue weighted by Crippen LogP contribution is -2.56. The SMILES string of the molecule is [C-]#[N+]C[C@H]1CN(c2nc(OCC3(C4CC(O)CN4C)CC3)nc3c2CCN(c2cccc(Cl)c2C(F)(F)F)C3)CCN1C(=O)C=C. The molecule has 2 saturated heterocycles. The van der Waals surface area contributed by atoms with E-state index in [1.807, 2.05) is 11.9 Å². The van der Waals surface area contributed by atoms with Gasteiger partial charge < -0.3 is 34.3 Å². The molecular weight excluding hydrogens is 623 g/mol. The second kappa shape index (κ2) is 12.5. The summed E-state index contributed by atoms with van der Waals surface area (Å²) in [5, 5.41) is 9.89. The van der Waals surface area contributed by atoms with Crippen molar-refractivity contribution in [3.05, 3.63) is 64.1 Å². The first-order chi connectivity index (χ1) is 21.9. The Morgan fingerprint density at radius 3 is 2.67 bits per heavy atom. The first kappa shape index (κ1) is 32.3. The Morgan fingerprint density at radius 1 is 1.24 bits per heavy atom. The van der Waals surface area contributed by atoms with Gasteiger partial charge in [-0.3, -0.25) is 4.79 Å². The number of carbonyl (C=O) groups is 1. The van der Waals surface area contributed by atoms with Crippen LogP contribution in [0.5, 0.6) is 6.01 Å². The van der Waals surface area contributed by atoms with Crippen molar-refractivity contribution in [1.29, 1.82) is 0 Å². The molecule has 1 N–H and O–H groups in total. The van der Waals surface area contributed by atoms with Gasteiger partial charge in [0.15, 0.2) is 0 Å². The van der Waals surface area contributed by atoms with Crippen LogP contribution in [-0.4, -0.2) is 102 Å². The summed E-state index contributed by atoms with van der Waals surface area (Å²) in [4.78, 5) is 33.2. The molecule has 1 aromatic carbocycles. The third kappa shape index (κ3) is 6.22. The molecular formula is C32H37ClF3N7O3. The van der Waals surface area contributed by atoms with Gasteiger partial charge in [0.1, 0.15) is 11.9 Å². The summed E-state index contributed by atoms with van der Waals surface area (Å²) < 4.78 is 48.6. The zero-order valence-corrected chi connectivity index (χ0v) is 26.4. The number of hydrogen-bond acceptors (Lipinski definition) is 8. The largest absolute Gasteiger partial charge is 0.463 e. The Kier molecular flexibility index (Phi) is 8.82. The number of aliphatic hydroxyl groups excluding tert-OH is 1. The molecule has 3 aliphatic heterocycles. The maximum atomic E-state index is 14.1. The monoisotopic (exact) mass is 659 g/mol. The van der Waals surface area contributed by atoms with Crippen molar-refractivity contribution >= 4 is 29.0 Å². The van der Waals surface area contributed by atoms with Crippen LogP contribution in [-0.2, 0) is 23.9 Å². The number of likely N-dealkylation sites (N-methyl/N-ethyl adjacent to an activating group) is 1. The number of ether oxygens (including phenoxy) is 1. The maximum absolute atomic E-state index is 14.1. The number of rotatable bonds is 8. The van der Waals surface area contributed by atoms with Crippen molar-refractivity contribution in [3.63, 3.8) is 0 Å². The Labute approximate surface area is 271 Å². The number of alkyl halides is 3. The number of fused-ring (bicyclic) bond motifs is 1. The first-order valence-corrected chi connectivity index (χ1v) is 15.8. The predicted molar refractivity (Wildman–Crippen MR) is 167 cm³/mol. The molecule has 14 heteroatoms. The quantitative estimate of drug-likeness (QED) is 0.336. The number of aromatic nitrogens is 2. The molecule has 0 spiro atoms. The number of piperazine rings is 1. The number of halogens is 4. The zero-order chi connectivity index (χ0) is 32.8. The molecule has 4 heterocycles. The normalized spacial score (nSPS) is 24.4. The molecule has 4 aliphatic rings. The van der Waals surface area contributed by atoms with E-state index in [2.05, 4.69) is 16.3 Å². The first-order valence-electron chi connectivity index (χ1n) is 15.5. The summed E-state index contributed by atoms with van der Waals surface area (Å²) in [5.74, 6) is 0.372. The number of anilines is 2. The molecule has 246 valence electrons. The zero-order valence-electron chi connectivity index (χ0n) is 25.6. The predicted octanol–water partition coefficient (Wildman–Crippen LogP) is 4.06. The van der Waals surface area contributed by atoms with Gasteiger partial charge in [-0.15, -0.1) is 0 Å². The lowest BCUT2D eigenvalue weighted by molar-refractivity contribution is -0.137. The summed E-state index contributed by atoms with van der Waals surface area (Å²) in [7, 11) is 2.00. The second-order valence-corrected chi connectivity index (χ2v) is 13.1. The number of benzene rings is 1. The highest BCUT2D eigenvalue weighted by molar-refractivity contribution is 6.31. The fourth-order valence-electron chi connectivity index (χ4n) is 7.33. The summed E-state index contributed by atoms with van der Waals surface area (Å²) in [6.07, 6.45) is -0.823. The van der Waals surface area contributed by atoms with E-state index in [0.717, 1.165) is 18.4 Å². The van der Waals surface area contributed by atoms with Gasteiger partial charge >= 0.3 is 12.2 Å². The van der Waals surface area contributed by atoms with E-state index < -0.39 is 11.7 Å². The molecule has 10 nitrogen and oxygen atoms in total. The van der Waals surface area contributed by atoms with Crippen LogP contribution in [0.2, 0.25) is 5.02 Å². The maximum Gasteiger partial charge on any atom is 0.419 e. The number of amides is 1. The minimum atomic E-state index is -4.64. The van der Waals surface area contributed by atoms with E-state index in [1.54, 1.807) is 9.80 Å². The smallest absolute Gasteiger partial charge is 0.419 e. The lowest BCUT2D eigenvalue weighted by Gasteiger charge is -2.41. The summed E-state index contributed by atoms with van der Waals surface area (Å²) in [5.41, 5.74) is 0.349. The van der Waals surface area contributed by atoms with Crippen molar-refractivity contribution < 1.29 is 27.8 Å². The molecule has 1 saturated carbocycles. The molecule has 2 aromatic rings. The number of aliphatic hydroxyl groups is 1. The molecule has 1 aromatic heterocycles. The van der Waals surface area contributed by atoms with E-state index in [-0.39, 0.29) is 65.9 Å². The second-order valence-electron chi connectivity index (χ2n) is 12.7. The molecule has 2 unspecified atom stereocenters. The third-order valence-corrected chi connectivity index (χ3v) is 10.1. The molecule has 6 rings (SSSR count). The highest BCUT2D eigenvalue weighted by Gasteiger charge is 2.54. The van der Waals surface area contributed by atoms with E-state index in [1.165, 1.54) is 24.3 Å². The summed E-state index contributed by atoms with van der Waals surface area (Å²) in [6, 6.07) is 4.10. The van der Waals surface area contributed by atoms with Crippen LogP contribution in [0.25, 0.3) is 4.85 Å². The standard InChI is InChI=1S/C32H37ClF3N7O3/c1-4-27(45)43-13-12-42(16-20(43)15-37-2)29-22-8-11-41(25-7-5-6-23(33)28(25)32(34,35)36)18-24(22)38-30(39-29)46-19-31(9-10-31)26-14-21(44)17-40(26)3/h4-7,20-21,26,44H,1,8-19H2,3H3/t20-,21?,26?/m0/s1. The van der Waals surface area contributed by atoms with E-state index in [9.17, 15) is 23.1 Å². The van der Waals surface area contributed by atoms with Crippen LogP contribution in [0.15, 0.2) is 30.9 Å². The van der Waals surface area contributed by atoms with Gasteiger partial charge in [0.05, 0.1) is 41.2 Å². The molecule has 0 radical (unpaired) electrons. The molecule has 3 atom stereocenters. The molecule has 0 bridgehead atoms. The number of likely N-dealkylation sites (tertiary alicyclic amines) is 1. The highest BCUT2D eigenvalue weighted by Crippen LogP contribution is 2.53. The summed E-state index contributed by atoms with van der Waals surface area (Å²) in [6.45, 7) is 13.7. The van der Waals surface area contributed by atoms with Crippen molar-refractivity contribution in [3.8, 4) is 6.01 Å². The van der Waals surface area contributed by atoms with Gasteiger partial charge in [-0.25, -0.2) is 6.57 Å². The Morgan fingerprint density at radius 2 is 2.02 bits per heavy atom. The van der Waals surface area contributed by atoms with Crippen LogP contribution in [0.3, 0.4) is 0 Å². The third-order valence-electron chi connectivity index (χ3n) is 9.79.